The summed E-state index contributed by atoms with van der Waals surface area (Å²) in [6.07, 6.45) is 12.2. The fourth-order valence-electron chi connectivity index (χ4n) is 1.79. The molecule has 0 unspecified atom stereocenters. The number of unbranched alkanes of at least 4 members (excludes halogenated alkanes) is 5. The minimum atomic E-state index is 1.01. The van der Waals surface area contributed by atoms with Crippen molar-refractivity contribution in [1.29, 1.82) is 0 Å². The van der Waals surface area contributed by atoms with Crippen LogP contribution in [0.3, 0.4) is 0 Å². The molecular weight excluding hydrogens is 198 g/mol. The maximum absolute atomic E-state index is 4.20. The van der Waals surface area contributed by atoms with Gasteiger partial charge >= 0.3 is 0 Å². The van der Waals surface area contributed by atoms with E-state index in [9.17, 15) is 0 Å². The zero-order valence-corrected chi connectivity index (χ0v) is 10.8. The molecule has 0 saturated carbocycles. The quantitative estimate of drug-likeness (QED) is 0.599. The van der Waals surface area contributed by atoms with Crippen LogP contribution in [0.2, 0.25) is 0 Å². The summed E-state index contributed by atoms with van der Waals surface area (Å²) >= 11 is 0. The van der Waals surface area contributed by atoms with Crippen LogP contribution in [0.15, 0.2) is 6.20 Å². The van der Waals surface area contributed by atoms with Crippen LogP contribution in [0.5, 0.6) is 0 Å². The van der Waals surface area contributed by atoms with Gasteiger partial charge < -0.3 is 0 Å². The minimum Gasteiger partial charge on any atom is -0.252 e. The van der Waals surface area contributed by atoms with E-state index in [1.807, 2.05) is 4.68 Å². The maximum atomic E-state index is 4.20. The summed E-state index contributed by atoms with van der Waals surface area (Å²) in [7, 11) is 0. The zero-order chi connectivity index (χ0) is 11.6. The van der Waals surface area contributed by atoms with E-state index in [0.717, 1.165) is 18.7 Å². The Hall–Kier alpha value is -0.860. The molecule has 92 valence electrons. The van der Waals surface area contributed by atoms with E-state index >= 15 is 0 Å². The largest absolute Gasteiger partial charge is 0.252 e. The van der Waals surface area contributed by atoms with Gasteiger partial charge in [0.2, 0.25) is 0 Å². The second-order valence-corrected chi connectivity index (χ2v) is 4.49. The van der Waals surface area contributed by atoms with Crippen LogP contribution in [-0.2, 0) is 13.0 Å². The Kier molecular flexibility index (Phi) is 6.86. The summed E-state index contributed by atoms with van der Waals surface area (Å²) in [5, 5.41) is 8.34. The van der Waals surface area contributed by atoms with Crippen LogP contribution >= 0.6 is 0 Å². The lowest BCUT2D eigenvalue weighted by Gasteiger charge is -1.97. The summed E-state index contributed by atoms with van der Waals surface area (Å²) in [6.45, 7) is 5.46. The predicted molar refractivity (Wildman–Crippen MR) is 67.4 cm³/mol. The Bertz CT molecular complexity index is 268. The van der Waals surface area contributed by atoms with Crippen LogP contribution in [0.1, 0.15) is 64.5 Å². The molecule has 0 atom stereocenters. The van der Waals surface area contributed by atoms with Crippen molar-refractivity contribution in [3.8, 4) is 0 Å². The van der Waals surface area contributed by atoms with Gasteiger partial charge in [0.25, 0.3) is 0 Å². The van der Waals surface area contributed by atoms with Crippen LogP contribution in [0.25, 0.3) is 0 Å². The molecule has 1 aromatic heterocycles. The highest BCUT2D eigenvalue weighted by Gasteiger charge is 2.00. The van der Waals surface area contributed by atoms with Gasteiger partial charge in [-0.3, -0.25) is 4.68 Å². The Morgan fingerprint density at radius 1 is 1.00 bits per heavy atom. The highest BCUT2D eigenvalue weighted by Crippen LogP contribution is 2.06. The lowest BCUT2D eigenvalue weighted by Crippen LogP contribution is -1.97. The van der Waals surface area contributed by atoms with E-state index in [2.05, 4.69) is 30.4 Å². The molecule has 0 fully saturated rings. The lowest BCUT2D eigenvalue weighted by molar-refractivity contribution is 0.553. The van der Waals surface area contributed by atoms with Gasteiger partial charge in [0.05, 0.1) is 5.69 Å². The van der Waals surface area contributed by atoms with Gasteiger partial charge in [-0.1, -0.05) is 51.2 Å². The number of hydrogen-bond donors (Lipinski definition) is 0. The van der Waals surface area contributed by atoms with Crippen molar-refractivity contribution in [2.24, 2.45) is 0 Å². The van der Waals surface area contributed by atoms with E-state index in [1.165, 1.54) is 44.9 Å². The van der Waals surface area contributed by atoms with Crippen LogP contribution in [-0.4, -0.2) is 15.0 Å². The second kappa shape index (κ2) is 8.31. The third-order valence-corrected chi connectivity index (χ3v) is 2.86. The molecule has 0 bridgehead atoms. The normalized spacial score (nSPS) is 10.9. The third-order valence-electron chi connectivity index (χ3n) is 2.86. The van der Waals surface area contributed by atoms with Crippen molar-refractivity contribution < 1.29 is 0 Å². The molecule has 0 radical (unpaired) electrons. The SMILES string of the molecule is CCCCCCCc1cn(CCCC)nn1. The van der Waals surface area contributed by atoms with Crippen LogP contribution < -0.4 is 0 Å². The number of nitrogens with zero attached hydrogens (tertiary/aromatic N) is 3. The number of rotatable bonds is 9. The standard InChI is InChI=1S/C13H25N3/c1-3-5-7-8-9-10-13-12-16(15-14-13)11-6-4-2/h12H,3-11H2,1-2H3. The Morgan fingerprint density at radius 2 is 1.75 bits per heavy atom. The van der Waals surface area contributed by atoms with E-state index in [0.29, 0.717) is 0 Å². The molecule has 0 saturated heterocycles. The number of aryl methyl sites for hydroxylation is 2. The molecule has 1 aromatic rings. The molecule has 0 aliphatic rings. The molecule has 3 heteroatoms. The maximum Gasteiger partial charge on any atom is 0.0827 e. The summed E-state index contributed by atoms with van der Waals surface area (Å²) in [5.41, 5.74) is 1.16. The van der Waals surface area contributed by atoms with Gasteiger partial charge in [-0.05, 0) is 19.3 Å². The Morgan fingerprint density at radius 3 is 2.50 bits per heavy atom. The van der Waals surface area contributed by atoms with E-state index in [-0.39, 0.29) is 0 Å². The molecule has 1 rings (SSSR count). The molecule has 0 aliphatic carbocycles. The predicted octanol–water partition coefficient (Wildman–Crippen LogP) is 3.59. The molecule has 0 spiro atoms. The van der Waals surface area contributed by atoms with E-state index in [1.54, 1.807) is 0 Å². The van der Waals surface area contributed by atoms with Gasteiger partial charge in [0.15, 0.2) is 0 Å². The molecule has 16 heavy (non-hydrogen) atoms. The van der Waals surface area contributed by atoms with Crippen LogP contribution in [0, 0.1) is 0 Å². The van der Waals surface area contributed by atoms with Crippen molar-refractivity contribution in [1.82, 2.24) is 15.0 Å². The molecule has 0 amide bonds. The summed E-state index contributed by atoms with van der Waals surface area (Å²) in [6, 6.07) is 0. The van der Waals surface area contributed by atoms with Gasteiger partial charge in [0.1, 0.15) is 0 Å². The Balaban J connectivity index is 2.14. The molecule has 0 aromatic carbocycles. The van der Waals surface area contributed by atoms with Gasteiger partial charge in [-0.25, -0.2) is 0 Å². The van der Waals surface area contributed by atoms with Gasteiger partial charge in [-0.2, -0.15) is 0 Å². The van der Waals surface area contributed by atoms with Crippen molar-refractivity contribution in [2.45, 2.75) is 71.8 Å². The first-order valence-electron chi connectivity index (χ1n) is 6.75. The Labute approximate surface area is 99.2 Å². The summed E-state index contributed by atoms with van der Waals surface area (Å²) < 4.78 is 1.98. The zero-order valence-electron chi connectivity index (χ0n) is 10.8. The first kappa shape index (κ1) is 13.2. The van der Waals surface area contributed by atoms with Crippen molar-refractivity contribution in [3.05, 3.63) is 11.9 Å². The number of aromatic nitrogens is 3. The van der Waals surface area contributed by atoms with E-state index in [4.69, 9.17) is 0 Å². The van der Waals surface area contributed by atoms with Crippen LogP contribution in [0.4, 0.5) is 0 Å². The molecule has 1 heterocycles. The topological polar surface area (TPSA) is 30.7 Å². The van der Waals surface area contributed by atoms with Crippen molar-refractivity contribution in [2.75, 3.05) is 0 Å². The highest BCUT2D eigenvalue weighted by atomic mass is 15.4. The van der Waals surface area contributed by atoms with Gasteiger partial charge in [0, 0.05) is 12.7 Å². The molecule has 3 nitrogen and oxygen atoms in total. The van der Waals surface area contributed by atoms with E-state index < -0.39 is 0 Å². The molecule has 0 aliphatic heterocycles. The third kappa shape index (κ3) is 5.29. The molecule has 0 N–H and O–H groups in total. The fourth-order valence-corrected chi connectivity index (χ4v) is 1.79. The van der Waals surface area contributed by atoms with Crippen molar-refractivity contribution in [3.63, 3.8) is 0 Å². The smallest absolute Gasteiger partial charge is 0.0827 e. The second-order valence-electron chi connectivity index (χ2n) is 4.49. The fraction of sp³-hybridized carbons (Fsp3) is 0.846. The first-order chi connectivity index (χ1) is 7.86. The van der Waals surface area contributed by atoms with Gasteiger partial charge in [-0.15, -0.1) is 5.10 Å². The number of hydrogen-bond acceptors (Lipinski definition) is 2. The highest BCUT2D eigenvalue weighted by molar-refractivity contribution is 4.92. The lowest BCUT2D eigenvalue weighted by atomic mass is 10.1. The molecular formula is C13H25N3. The monoisotopic (exact) mass is 223 g/mol. The average Bonchev–Trinajstić information content (AvgIpc) is 2.74. The summed E-state index contributed by atoms with van der Waals surface area (Å²) in [4.78, 5) is 0. The summed E-state index contributed by atoms with van der Waals surface area (Å²) in [5.74, 6) is 0. The first-order valence-corrected chi connectivity index (χ1v) is 6.75. The minimum absolute atomic E-state index is 1.01. The van der Waals surface area contributed by atoms with Crippen molar-refractivity contribution >= 4 is 0 Å². The average molecular weight is 223 g/mol.